The van der Waals surface area contributed by atoms with Crippen molar-refractivity contribution < 1.29 is 4.52 Å². The number of nitrogens with zero attached hydrogens (tertiary/aromatic N) is 4. The lowest BCUT2D eigenvalue weighted by Crippen LogP contribution is -2.24. The van der Waals surface area contributed by atoms with E-state index in [1.54, 1.807) is 6.92 Å². The topological polar surface area (TPSA) is 85.8 Å². The summed E-state index contributed by atoms with van der Waals surface area (Å²) in [6.45, 7) is 4.64. The summed E-state index contributed by atoms with van der Waals surface area (Å²) < 4.78 is 6.33. The van der Waals surface area contributed by atoms with Gasteiger partial charge < -0.3 is 9.84 Å². The Morgan fingerprint density at radius 3 is 2.95 bits per heavy atom. The highest BCUT2D eigenvalue weighted by Gasteiger charge is 2.10. The summed E-state index contributed by atoms with van der Waals surface area (Å²) in [4.78, 5) is 16.0. The predicted molar refractivity (Wildman–Crippen MR) is 74.8 cm³/mol. The fourth-order valence-corrected chi connectivity index (χ4v) is 1.85. The minimum atomic E-state index is -0.299. The smallest absolute Gasteiger partial charge is 0.287 e. The van der Waals surface area contributed by atoms with Crippen molar-refractivity contribution in [1.29, 1.82) is 0 Å². The zero-order valence-electron chi connectivity index (χ0n) is 11.4. The van der Waals surface area contributed by atoms with Crippen LogP contribution in [0, 0.1) is 6.92 Å². The molecule has 0 unspecified atom stereocenters. The molecule has 1 N–H and O–H groups in total. The molecule has 0 bridgehead atoms. The average molecular weight is 298 g/mol. The highest BCUT2D eigenvalue weighted by Crippen LogP contribution is 2.16. The number of anilines is 1. The Labute approximate surface area is 120 Å². The van der Waals surface area contributed by atoms with Crippen LogP contribution < -0.4 is 10.9 Å². The van der Waals surface area contributed by atoms with E-state index in [9.17, 15) is 4.79 Å². The normalized spacial score (nSPS) is 10.8. The molecule has 0 aromatic carbocycles. The average Bonchev–Trinajstić information content (AvgIpc) is 2.85. The quantitative estimate of drug-likeness (QED) is 0.877. The Kier molecular flexibility index (Phi) is 4.73. The minimum absolute atomic E-state index is 0.118. The van der Waals surface area contributed by atoms with Crippen molar-refractivity contribution in [2.75, 3.05) is 5.32 Å². The lowest BCUT2D eigenvalue weighted by atomic mass is 10.3. The van der Waals surface area contributed by atoms with Crippen molar-refractivity contribution in [3.8, 4) is 0 Å². The molecule has 2 heterocycles. The van der Waals surface area contributed by atoms with Gasteiger partial charge in [0.2, 0.25) is 5.89 Å². The van der Waals surface area contributed by atoms with Crippen molar-refractivity contribution in [2.45, 2.75) is 39.8 Å². The van der Waals surface area contributed by atoms with Gasteiger partial charge in [0.15, 0.2) is 5.82 Å². The molecular weight excluding hydrogens is 282 g/mol. The standard InChI is InChI=1S/C12H16ClN5O2/c1-3-4-5-18-12(19)11(13)9(6-15-18)14-7-10-16-8(2)17-20-10/h6,14H,3-5,7H2,1-2H3. The molecule has 0 saturated heterocycles. The van der Waals surface area contributed by atoms with Gasteiger partial charge in [0.05, 0.1) is 18.4 Å². The van der Waals surface area contributed by atoms with Gasteiger partial charge in [-0.15, -0.1) is 0 Å². The fraction of sp³-hybridized carbons (Fsp3) is 0.500. The summed E-state index contributed by atoms with van der Waals surface area (Å²) in [6, 6.07) is 0. The predicted octanol–water partition coefficient (Wildman–Crippen LogP) is 2.00. The Balaban J connectivity index is 2.09. The molecule has 0 aliphatic rings. The van der Waals surface area contributed by atoms with Gasteiger partial charge in [-0.1, -0.05) is 30.1 Å². The van der Waals surface area contributed by atoms with Crippen LogP contribution in [0.1, 0.15) is 31.5 Å². The first-order valence-corrected chi connectivity index (χ1v) is 6.78. The van der Waals surface area contributed by atoms with E-state index >= 15 is 0 Å². The molecule has 2 rings (SSSR count). The molecule has 0 radical (unpaired) electrons. The van der Waals surface area contributed by atoms with Crippen LogP contribution in [0.25, 0.3) is 0 Å². The first-order chi connectivity index (χ1) is 9.61. The Bertz CT molecular complexity index is 637. The van der Waals surface area contributed by atoms with E-state index < -0.39 is 0 Å². The second-order valence-electron chi connectivity index (χ2n) is 4.34. The molecule has 0 saturated carbocycles. The minimum Gasteiger partial charge on any atom is -0.373 e. The molecule has 7 nitrogen and oxygen atoms in total. The molecule has 0 fully saturated rings. The van der Waals surface area contributed by atoms with Crippen molar-refractivity contribution in [1.82, 2.24) is 19.9 Å². The van der Waals surface area contributed by atoms with Crippen molar-refractivity contribution >= 4 is 17.3 Å². The van der Waals surface area contributed by atoms with Crippen LogP contribution in [-0.2, 0) is 13.1 Å². The second-order valence-corrected chi connectivity index (χ2v) is 4.72. The number of aromatic nitrogens is 4. The lowest BCUT2D eigenvalue weighted by Gasteiger charge is -2.08. The molecule has 0 aliphatic carbocycles. The number of hydrogen-bond donors (Lipinski definition) is 1. The summed E-state index contributed by atoms with van der Waals surface area (Å²) >= 11 is 6.05. The lowest BCUT2D eigenvalue weighted by molar-refractivity contribution is 0.379. The van der Waals surface area contributed by atoms with Gasteiger partial charge in [-0.3, -0.25) is 4.79 Å². The van der Waals surface area contributed by atoms with E-state index in [1.807, 2.05) is 0 Å². The summed E-state index contributed by atoms with van der Waals surface area (Å²) in [6.07, 6.45) is 3.40. The fourth-order valence-electron chi connectivity index (χ4n) is 1.64. The van der Waals surface area contributed by atoms with Crippen molar-refractivity contribution in [3.63, 3.8) is 0 Å². The Morgan fingerprint density at radius 1 is 1.50 bits per heavy atom. The van der Waals surface area contributed by atoms with Gasteiger partial charge >= 0.3 is 0 Å². The number of rotatable bonds is 6. The van der Waals surface area contributed by atoms with Gasteiger partial charge in [-0.2, -0.15) is 10.1 Å². The third-order valence-electron chi connectivity index (χ3n) is 2.71. The van der Waals surface area contributed by atoms with Gasteiger partial charge in [0.25, 0.3) is 5.56 Å². The van der Waals surface area contributed by atoms with E-state index in [4.69, 9.17) is 16.1 Å². The van der Waals surface area contributed by atoms with Gasteiger partial charge in [0.1, 0.15) is 5.02 Å². The van der Waals surface area contributed by atoms with Gasteiger partial charge in [-0.05, 0) is 13.3 Å². The third kappa shape index (κ3) is 3.36. The van der Waals surface area contributed by atoms with Crippen molar-refractivity contribution in [3.05, 3.63) is 33.3 Å². The number of nitrogens with one attached hydrogen (secondary N) is 1. The van der Waals surface area contributed by atoms with Crippen LogP contribution in [0.4, 0.5) is 5.69 Å². The highest BCUT2D eigenvalue weighted by molar-refractivity contribution is 6.32. The van der Waals surface area contributed by atoms with Crippen LogP contribution >= 0.6 is 11.6 Å². The number of aryl methyl sites for hydroxylation is 2. The zero-order chi connectivity index (χ0) is 14.5. The molecule has 8 heteroatoms. The van der Waals surface area contributed by atoms with E-state index in [2.05, 4.69) is 27.5 Å². The van der Waals surface area contributed by atoms with E-state index in [0.29, 0.717) is 30.5 Å². The maximum Gasteiger partial charge on any atom is 0.287 e. The molecular formula is C12H16ClN5O2. The maximum absolute atomic E-state index is 12.0. The van der Waals surface area contributed by atoms with Crippen LogP contribution in [-0.4, -0.2) is 19.9 Å². The van der Waals surface area contributed by atoms with Crippen LogP contribution in [0.2, 0.25) is 5.02 Å². The summed E-state index contributed by atoms with van der Waals surface area (Å²) in [5.41, 5.74) is 0.159. The summed E-state index contributed by atoms with van der Waals surface area (Å²) in [5.74, 6) is 0.981. The molecule has 0 amide bonds. The summed E-state index contributed by atoms with van der Waals surface area (Å²) in [5, 5.41) is 10.8. The second kappa shape index (κ2) is 6.51. The molecule has 108 valence electrons. The van der Waals surface area contributed by atoms with Crippen LogP contribution in [0.5, 0.6) is 0 Å². The first kappa shape index (κ1) is 14.5. The van der Waals surface area contributed by atoms with Crippen LogP contribution in [0.15, 0.2) is 15.5 Å². The van der Waals surface area contributed by atoms with E-state index in [0.717, 1.165) is 12.8 Å². The molecule has 2 aromatic rings. The Morgan fingerprint density at radius 2 is 2.30 bits per heavy atom. The molecule has 2 aromatic heterocycles. The molecule has 0 atom stereocenters. The van der Waals surface area contributed by atoms with Gasteiger partial charge in [-0.25, -0.2) is 4.68 Å². The van der Waals surface area contributed by atoms with Crippen molar-refractivity contribution in [2.24, 2.45) is 0 Å². The molecule has 20 heavy (non-hydrogen) atoms. The Hall–Kier alpha value is -1.89. The summed E-state index contributed by atoms with van der Waals surface area (Å²) in [7, 11) is 0. The molecule has 0 aliphatic heterocycles. The zero-order valence-corrected chi connectivity index (χ0v) is 12.1. The largest absolute Gasteiger partial charge is 0.373 e. The number of hydrogen-bond acceptors (Lipinski definition) is 6. The number of unbranched alkanes of at least 4 members (excludes halogenated alkanes) is 1. The van der Waals surface area contributed by atoms with E-state index in [1.165, 1.54) is 10.9 Å². The SMILES string of the molecule is CCCCn1ncc(NCc2nc(C)no2)c(Cl)c1=O. The maximum atomic E-state index is 12.0. The highest BCUT2D eigenvalue weighted by atomic mass is 35.5. The van der Waals surface area contributed by atoms with Crippen LogP contribution in [0.3, 0.4) is 0 Å². The van der Waals surface area contributed by atoms with Gasteiger partial charge in [0, 0.05) is 6.54 Å². The third-order valence-corrected chi connectivity index (χ3v) is 3.07. The first-order valence-electron chi connectivity index (χ1n) is 6.40. The monoisotopic (exact) mass is 297 g/mol. The van der Waals surface area contributed by atoms with E-state index in [-0.39, 0.29) is 10.6 Å². The number of halogens is 1. The molecule has 0 spiro atoms.